The van der Waals surface area contributed by atoms with Gasteiger partial charge >= 0.3 is 0 Å². The van der Waals surface area contributed by atoms with Crippen molar-refractivity contribution in [2.45, 2.75) is 45.1 Å². The van der Waals surface area contributed by atoms with Gasteiger partial charge in [-0.3, -0.25) is 4.79 Å². The monoisotopic (exact) mass is 489 g/mol. The van der Waals surface area contributed by atoms with Gasteiger partial charge in [0, 0.05) is 64.0 Å². The van der Waals surface area contributed by atoms with Crippen LogP contribution in [0.25, 0.3) is 11.2 Å². The van der Waals surface area contributed by atoms with Crippen LogP contribution < -0.4 is 14.5 Å². The van der Waals surface area contributed by atoms with Crippen molar-refractivity contribution in [1.82, 2.24) is 24.4 Å². The molecule has 0 N–H and O–H groups in total. The number of amides is 1. The number of carbonyl (C=O) groups is 1. The van der Waals surface area contributed by atoms with Crippen LogP contribution in [0.1, 0.15) is 37.9 Å². The van der Waals surface area contributed by atoms with Crippen molar-refractivity contribution in [2.75, 3.05) is 56.2 Å². The van der Waals surface area contributed by atoms with Crippen LogP contribution in [0.4, 0.5) is 11.5 Å². The lowest BCUT2D eigenvalue weighted by Crippen LogP contribution is -2.52. The highest BCUT2D eigenvalue weighted by Crippen LogP contribution is 2.30. The van der Waals surface area contributed by atoms with E-state index in [0.29, 0.717) is 6.54 Å². The third-order valence-electron chi connectivity index (χ3n) is 7.95. The van der Waals surface area contributed by atoms with Crippen molar-refractivity contribution < 1.29 is 9.53 Å². The number of piperazine rings is 1. The number of fused-ring (bicyclic) bond motifs is 3. The highest BCUT2D eigenvalue weighted by molar-refractivity contribution is 5.85. The van der Waals surface area contributed by atoms with Crippen LogP contribution in [0.15, 0.2) is 30.6 Å². The Morgan fingerprint density at radius 3 is 2.72 bits per heavy atom. The van der Waals surface area contributed by atoms with Crippen molar-refractivity contribution >= 4 is 28.6 Å². The van der Waals surface area contributed by atoms with E-state index in [1.807, 2.05) is 12.1 Å². The highest BCUT2D eigenvalue weighted by atomic mass is 16.5. The van der Waals surface area contributed by atoms with E-state index in [1.54, 1.807) is 13.4 Å². The third-order valence-corrected chi connectivity index (χ3v) is 7.95. The third kappa shape index (κ3) is 4.35. The van der Waals surface area contributed by atoms with Crippen LogP contribution >= 0.6 is 0 Å². The van der Waals surface area contributed by atoms with Crippen LogP contribution in [-0.4, -0.2) is 76.7 Å². The van der Waals surface area contributed by atoms with Crippen molar-refractivity contribution in [1.29, 1.82) is 0 Å². The van der Waals surface area contributed by atoms with Crippen molar-refractivity contribution in [3.8, 4) is 5.75 Å². The number of hydrogen-bond donors (Lipinski definition) is 0. The van der Waals surface area contributed by atoms with E-state index in [9.17, 15) is 4.79 Å². The Bertz CT molecular complexity index is 1230. The largest absolute Gasteiger partial charge is 0.497 e. The number of anilines is 2. The summed E-state index contributed by atoms with van der Waals surface area (Å²) in [6.07, 6.45) is 8.17. The van der Waals surface area contributed by atoms with E-state index in [2.05, 4.69) is 41.4 Å². The number of hydrogen-bond acceptors (Lipinski definition) is 7. The average molecular weight is 490 g/mol. The summed E-state index contributed by atoms with van der Waals surface area (Å²) < 4.78 is 7.66. The van der Waals surface area contributed by atoms with Gasteiger partial charge in [-0.05, 0) is 37.8 Å². The van der Waals surface area contributed by atoms with Crippen LogP contribution in [0.3, 0.4) is 0 Å². The second-order valence-corrected chi connectivity index (χ2v) is 10.2. The normalized spacial score (nSPS) is 20.8. The molecule has 2 fully saturated rings. The molecule has 6 rings (SSSR count). The molecule has 36 heavy (non-hydrogen) atoms. The first-order chi connectivity index (χ1) is 17.7. The van der Waals surface area contributed by atoms with Gasteiger partial charge in [-0.25, -0.2) is 15.0 Å². The van der Waals surface area contributed by atoms with Gasteiger partial charge in [0.25, 0.3) is 0 Å². The second-order valence-electron chi connectivity index (χ2n) is 10.2. The Balaban J connectivity index is 1.14. The fourth-order valence-electron chi connectivity index (χ4n) is 5.98. The SMILES string of the molecule is COc1cccc(N2CCN(C(=O)[C@@H]3CCCN(c4ncnc5c4nc4n5CCCCC4)C3)CC2)c1. The number of methoxy groups -OCH3 is 1. The van der Waals surface area contributed by atoms with Crippen LogP contribution in [0, 0.1) is 5.92 Å². The summed E-state index contributed by atoms with van der Waals surface area (Å²) >= 11 is 0. The fraction of sp³-hybridized carbons (Fsp3) is 0.556. The molecule has 3 aromatic rings. The fourth-order valence-corrected chi connectivity index (χ4v) is 5.98. The summed E-state index contributed by atoms with van der Waals surface area (Å²) in [4.78, 5) is 34.4. The van der Waals surface area contributed by atoms with Gasteiger partial charge in [0.1, 0.15) is 17.9 Å². The van der Waals surface area contributed by atoms with Gasteiger partial charge in [0.05, 0.1) is 13.0 Å². The van der Waals surface area contributed by atoms with E-state index in [0.717, 1.165) is 92.8 Å². The molecule has 2 saturated heterocycles. The maximum absolute atomic E-state index is 13.5. The molecule has 0 radical (unpaired) electrons. The molecule has 0 unspecified atom stereocenters. The summed E-state index contributed by atoms with van der Waals surface area (Å²) in [5, 5.41) is 0. The number of benzene rings is 1. The lowest BCUT2D eigenvalue weighted by atomic mass is 9.96. The highest BCUT2D eigenvalue weighted by Gasteiger charge is 2.33. The average Bonchev–Trinajstić information content (AvgIpc) is 3.13. The number of rotatable bonds is 4. The molecule has 0 aliphatic carbocycles. The topological polar surface area (TPSA) is 79.6 Å². The lowest BCUT2D eigenvalue weighted by Gasteiger charge is -2.40. The molecule has 9 nitrogen and oxygen atoms in total. The van der Waals surface area contributed by atoms with E-state index in [1.165, 1.54) is 19.3 Å². The molecule has 9 heteroatoms. The molecule has 5 heterocycles. The molecule has 3 aliphatic rings. The molecule has 2 aromatic heterocycles. The number of aromatic nitrogens is 4. The Labute approximate surface area is 212 Å². The Kier molecular flexibility index (Phi) is 6.37. The zero-order valence-corrected chi connectivity index (χ0v) is 21.1. The van der Waals surface area contributed by atoms with Gasteiger partial charge in [0.2, 0.25) is 5.91 Å². The first-order valence-corrected chi connectivity index (χ1v) is 13.3. The first kappa shape index (κ1) is 23.1. The quantitative estimate of drug-likeness (QED) is 0.557. The molecule has 0 spiro atoms. The van der Waals surface area contributed by atoms with Crippen LogP contribution in [0.5, 0.6) is 5.75 Å². The maximum atomic E-state index is 13.5. The molecule has 1 amide bonds. The van der Waals surface area contributed by atoms with Crippen molar-refractivity contribution in [3.63, 3.8) is 0 Å². The van der Waals surface area contributed by atoms with Gasteiger partial charge in [-0.1, -0.05) is 12.5 Å². The second kappa shape index (κ2) is 9.95. The summed E-state index contributed by atoms with van der Waals surface area (Å²) in [6, 6.07) is 8.15. The van der Waals surface area contributed by atoms with Crippen molar-refractivity contribution in [3.05, 3.63) is 36.4 Å². The molecular formula is C27H35N7O2. The Morgan fingerprint density at radius 1 is 0.972 bits per heavy atom. The minimum absolute atomic E-state index is 0.00688. The lowest BCUT2D eigenvalue weighted by molar-refractivity contribution is -0.136. The summed E-state index contributed by atoms with van der Waals surface area (Å²) in [6.45, 7) is 5.75. The number of imidazole rings is 1. The number of ether oxygens (including phenoxy) is 1. The molecule has 0 saturated carbocycles. The van der Waals surface area contributed by atoms with E-state index < -0.39 is 0 Å². The van der Waals surface area contributed by atoms with Gasteiger partial charge in [-0.15, -0.1) is 0 Å². The molecule has 190 valence electrons. The Morgan fingerprint density at radius 2 is 1.86 bits per heavy atom. The van der Waals surface area contributed by atoms with E-state index in [-0.39, 0.29) is 11.8 Å². The van der Waals surface area contributed by atoms with E-state index >= 15 is 0 Å². The summed E-state index contributed by atoms with van der Waals surface area (Å²) in [7, 11) is 1.69. The van der Waals surface area contributed by atoms with Gasteiger partial charge in [-0.2, -0.15) is 0 Å². The zero-order chi connectivity index (χ0) is 24.5. The molecule has 3 aliphatic heterocycles. The minimum Gasteiger partial charge on any atom is -0.497 e. The predicted octanol–water partition coefficient (Wildman–Crippen LogP) is 3.13. The zero-order valence-electron chi connectivity index (χ0n) is 21.1. The van der Waals surface area contributed by atoms with Crippen molar-refractivity contribution in [2.24, 2.45) is 5.92 Å². The van der Waals surface area contributed by atoms with Crippen LogP contribution in [-0.2, 0) is 17.8 Å². The number of aryl methyl sites for hydroxylation is 2. The van der Waals surface area contributed by atoms with Gasteiger partial charge < -0.3 is 24.0 Å². The predicted molar refractivity (Wildman–Crippen MR) is 140 cm³/mol. The molecule has 1 aromatic carbocycles. The standard InChI is InChI=1S/C27H35N7O2/c1-36-22-9-5-8-21(17-22)31-13-15-32(16-14-31)27(35)20-7-6-11-33(18-20)25-24-26(29-19-28-25)34-12-4-2-3-10-23(34)30-24/h5,8-9,17,19-20H,2-4,6-7,10-16,18H2,1H3/t20-/m1/s1. The molecule has 1 atom stereocenters. The number of nitrogens with zero attached hydrogens (tertiary/aromatic N) is 7. The minimum atomic E-state index is -0.00688. The Hall–Kier alpha value is -3.36. The van der Waals surface area contributed by atoms with E-state index in [4.69, 9.17) is 9.72 Å². The maximum Gasteiger partial charge on any atom is 0.227 e. The number of piperidine rings is 1. The molecular weight excluding hydrogens is 454 g/mol. The summed E-state index contributed by atoms with van der Waals surface area (Å²) in [5.74, 6) is 3.15. The van der Waals surface area contributed by atoms with Crippen LogP contribution in [0.2, 0.25) is 0 Å². The first-order valence-electron chi connectivity index (χ1n) is 13.3. The smallest absolute Gasteiger partial charge is 0.227 e. The van der Waals surface area contributed by atoms with Gasteiger partial charge in [0.15, 0.2) is 17.0 Å². The molecule has 0 bridgehead atoms. The number of carbonyl (C=O) groups excluding carboxylic acids is 1. The summed E-state index contributed by atoms with van der Waals surface area (Å²) in [5.41, 5.74) is 2.99.